The van der Waals surface area contributed by atoms with Gasteiger partial charge in [0.25, 0.3) is 5.91 Å². The quantitative estimate of drug-likeness (QED) is 0.896. The molecule has 0 spiro atoms. The van der Waals surface area contributed by atoms with Gasteiger partial charge in [0.05, 0.1) is 0 Å². The molecule has 2 aromatic rings. The van der Waals surface area contributed by atoms with Gasteiger partial charge in [-0.05, 0) is 66.6 Å². The molecule has 0 aliphatic heterocycles. The van der Waals surface area contributed by atoms with Crippen molar-refractivity contribution in [3.05, 3.63) is 64.7 Å². The number of halogens is 2. The molecule has 1 aliphatic rings. The molecule has 0 saturated carbocycles. The van der Waals surface area contributed by atoms with Crippen LogP contribution in [0.4, 0.5) is 8.78 Å². The second-order valence-corrected chi connectivity index (χ2v) is 5.90. The monoisotopic (exact) mass is 331 g/mol. The van der Waals surface area contributed by atoms with Crippen molar-refractivity contribution in [2.45, 2.75) is 38.8 Å². The molecule has 2 aromatic carbocycles. The number of ether oxygens (including phenoxy) is 1. The van der Waals surface area contributed by atoms with Gasteiger partial charge in [-0.1, -0.05) is 18.2 Å². The van der Waals surface area contributed by atoms with Gasteiger partial charge in [0, 0.05) is 12.1 Å². The van der Waals surface area contributed by atoms with Crippen LogP contribution in [0.3, 0.4) is 0 Å². The standard InChI is InChI=1S/C19H19F2NO2/c20-19(21)24-17-9-5-13(6-10-17)12-22-18(23)16-8-7-14-3-1-2-4-15(14)11-16/h5-11,19H,1-4,12H2,(H,22,23). The Bertz CT molecular complexity index is 714. The highest BCUT2D eigenvalue weighted by atomic mass is 19.3. The summed E-state index contributed by atoms with van der Waals surface area (Å²) in [4.78, 5) is 12.3. The third kappa shape index (κ3) is 4.10. The van der Waals surface area contributed by atoms with Crippen molar-refractivity contribution >= 4 is 5.91 Å². The zero-order valence-corrected chi connectivity index (χ0v) is 13.2. The van der Waals surface area contributed by atoms with Crippen molar-refractivity contribution in [3.8, 4) is 5.75 Å². The van der Waals surface area contributed by atoms with Crippen molar-refractivity contribution in [2.75, 3.05) is 0 Å². The second kappa shape index (κ2) is 7.43. The smallest absolute Gasteiger partial charge is 0.387 e. The Morgan fingerprint density at radius 3 is 2.46 bits per heavy atom. The fourth-order valence-corrected chi connectivity index (χ4v) is 2.95. The van der Waals surface area contributed by atoms with Gasteiger partial charge in [0.15, 0.2) is 0 Å². The number of carbonyl (C=O) groups is 1. The van der Waals surface area contributed by atoms with E-state index in [1.807, 2.05) is 18.2 Å². The largest absolute Gasteiger partial charge is 0.435 e. The van der Waals surface area contributed by atoms with Crippen molar-refractivity contribution in [1.29, 1.82) is 0 Å². The molecule has 1 N–H and O–H groups in total. The molecule has 3 nitrogen and oxygen atoms in total. The first kappa shape index (κ1) is 16.4. The lowest BCUT2D eigenvalue weighted by atomic mass is 9.90. The van der Waals surface area contributed by atoms with E-state index in [4.69, 9.17) is 0 Å². The van der Waals surface area contributed by atoms with E-state index in [1.165, 1.54) is 36.1 Å². The first-order valence-electron chi connectivity index (χ1n) is 8.05. The van der Waals surface area contributed by atoms with E-state index in [0.29, 0.717) is 12.1 Å². The van der Waals surface area contributed by atoms with Crippen LogP contribution >= 0.6 is 0 Å². The average Bonchev–Trinajstić information content (AvgIpc) is 2.60. The number of carbonyl (C=O) groups excluding carboxylic acids is 1. The van der Waals surface area contributed by atoms with Gasteiger partial charge < -0.3 is 10.1 Å². The van der Waals surface area contributed by atoms with Crippen molar-refractivity contribution in [3.63, 3.8) is 0 Å². The maximum Gasteiger partial charge on any atom is 0.387 e. The Morgan fingerprint density at radius 2 is 1.75 bits per heavy atom. The Labute approximate surface area is 139 Å². The first-order valence-corrected chi connectivity index (χ1v) is 8.05. The molecule has 0 unspecified atom stereocenters. The number of nitrogens with one attached hydrogen (secondary N) is 1. The van der Waals surface area contributed by atoms with E-state index in [-0.39, 0.29) is 11.7 Å². The molecular weight excluding hydrogens is 312 g/mol. The number of amides is 1. The highest BCUT2D eigenvalue weighted by molar-refractivity contribution is 5.94. The van der Waals surface area contributed by atoms with Crippen LogP contribution in [-0.2, 0) is 19.4 Å². The van der Waals surface area contributed by atoms with Gasteiger partial charge in [-0.15, -0.1) is 0 Å². The SMILES string of the molecule is O=C(NCc1ccc(OC(F)F)cc1)c1ccc2c(c1)CCCC2. The molecule has 1 aliphatic carbocycles. The summed E-state index contributed by atoms with van der Waals surface area (Å²) in [5, 5.41) is 2.85. The van der Waals surface area contributed by atoms with Gasteiger partial charge in [-0.3, -0.25) is 4.79 Å². The van der Waals surface area contributed by atoms with Crippen LogP contribution in [0.5, 0.6) is 5.75 Å². The number of hydrogen-bond donors (Lipinski definition) is 1. The summed E-state index contributed by atoms with van der Waals surface area (Å²) in [6.07, 6.45) is 4.50. The maximum atomic E-state index is 12.3. The average molecular weight is 331 g/mol. The van der Waals surface area contributed by atoms with Gasteiger partial charge in [-0.2, -0.15) is 8.78 Å². The van der Waals surface area contributed by atoms with Gasteiger partial charge >= 0.3 is 6.61 Å². The van der Waals surface area contributed by atoms with Crippen LogP contribution in [0.15, 0.2) is 42.5 Å². The lowest BCUT2D eigenvalue weighted by Crippen LogP contribution is -2.23. The van der Waals surface area contributed by atoms with Gasteiger partial charge in [-0.25, -0.2) is 0 Å². The molecule has 0 radical (unpaired) electrons. The van der Waals surface area contributed by atoms with Crippen LogP contribution in [0.2, 0.25) is 0 Å². The molecule has 0 saturated heterocycles. The number of hydrogen-bond acceptors (Lipinski definition) is 2. The topological polar surface area (TPSA) is 38.3 Å². The zero-order chi connectivity index (χ0) is 16.9. The summed E-state index contributed by atoms with van der Waals surface area (Å²) >= 11 is 0. The summed E-state index contributed by atoms with van der Waals surface area (Å²) in [6.45, 7) is -2.50. The van der Waals surface area contributed by atoms with Gasteiger partial charge in [0.1, 0.15) is 5.75 Å². The summed E-state index contributed by atoms with van der Waals surface area (Å²) in [6, 6.07) is 12.1. The summed E-state index contributed by atoms with van der Waals surface area (Å²) in [7, 11) is 0. The summed E-state index contributed by atoms with van der Waals surface area (Å²) in [5.41, 5.74) is 4.09. The molecule has 1 amide bonds. The normalized spacial score (nSPS) is 13.5. The fraction of sp³-hybridized carbons (Fsp3) is 0.316. The van der Waals surface area contributed by atoms with Crippen LogP contribution in [0.25, 0.3) is 0 Å². The number of alkyl halides is 2. The Kier molecular flexibility index (Phi) is 5.08. The van der Waals surface area contributed by atoms with Crippen LogP contribution < -0.4 is 10.1 Å². The first-order chi connectivity index (χ1) is 11.6. The summed E-state index contributed by atoms with van der Waals surface area (Å²) < 4.78 is 28.5. The molecule has 0 bridgehead atoms. The molecule has 0 atom stereocenters. The predicted octanol–water partition coefficient (Wildman–Crippen LogP) is 4.10. The van der Waals surface area contributed by atoms with Crippen LogP contribution in [0, 0.1) is 0 Å². The minimum atomic E-state index is -2.83. The highest BCUT2D eigenvalue weighted by Crippen LogP contribution is 2.22. The Morgan fingerprint density at radius 1 is 1.04 bits per heavy atom. The minimum absolute atomic E-state index is 0.106. The predicted molar refractivity (Wildman–Crippen MR) is 87.3 cm³/mol. The van der Waals surface area contributed by atoms with E-state index in [0.717, 1.165) is 18.4 Å². The third-order valence-corrected chi connectivity index (χ3v) is 4.21. The van der Waals surface area contributed by atoms with Crippen molar-refractivity contribution in [2.24, 2.45) is 0 Å². The zero-order valence-electron chi connectivity index (χ0n) is 13.2. The maximum absolute atomic E-state index is 12.3. The van der Waals surface area contributed by atoms with E-state index < -0.39 is 6.61 Å². The van der Waals surface area contributed by atoms with E-state index in [9.17, 15) is 13.6 Å². The number of benzene rings is 2. The molecule has 0 heterocycles. The molecule has 24 heavy (non-hydrogen) atoms. The minimum Gasteiger partial charge on any atom is -0.435 e. The van der Waals surface area contributed by atoms with Crippen molar-refractivity contribution in [1.82, 2.24) is 5.32 Å². The lowest BCUT2D eigenvalue weighted by molar-refractivity contribution is -0.0498. The molecule has 3 rings (SSSR count). The van der Waals surface area contributed by atoms with E-state index >= 15 is 0 Å². The number of rotatable bonds is 5. The van der Waals surface area contributed by atoms with Gasteiger partial charge in [0.2, 0.25) is 0 Å². The lowest BCUT2D eigenvalue weighted by Gasteiger charge is -2.16. The number of fused-ring (bicyclic) bond motifs is 1. The second-order valence-electron chi connectivity index (χ2n) is 5.90. The van der Waals surface area contributed by atoms with E-state index in [2.05, 4.69) is 10.1 Å². The molecule has 0 fully saturated rings. The van der Waals surface area contributed by atoms with E-state index in [1.54, 1.807) is 12.1 Å². The van der Waals surface area contributed by atoms with Crippen LogP contribution in [0.1, 0.15) is 39.9 Å². The summed E-state index contributed by atoms with van der Waals surface area (Å²) in [5.74, 6) is -0.0222. The Balaban J connectivity index is 1.59. The molecular formula is C19H19F2NO2. The molecule has 0 aromatic heterocycles. The van der Waals surface area contributed by atoms with Crippen LogP contribution in [-0.4, -0.2) is 12.5 Å². The fourth-order valence-electron chi connectivity index (χ4n) is 2.95. The molecule has 5 heteroatoms. The third-order valence-electron chi connectivity index (χ3n) is 4.21. The van der Waals surface area contributed by atoms with Crippen molar-refractivity contribution < 1.29 is 18.3 Å². The Hall–Kier alpha value is -2.43. The molecule has 126 valence electrons. The number of aryl methyl sites for hydroxylation is 2. The highest BCUT2D eigenvalue weighted by Gasteiger charge is 2.12.